The van der Waals surface area contributed by atoms with Crippen LogP contribution in [0.5, 0.6) is 0 Å². The van der Waals surface area contributed by atoms with Gasteiger partial charge in [-0.2, -0.15) is 15.8 Å². The largest absolute Gasteiger partial charge is 0.308 e. The van der Waals surface area contributed by atoms with Gasteiger partial charge in [-0.15, -0.1) is 0 Å². The third kappa shape index (κ3) is 4.97. The molecule has 10 aromatic rings. The van der Waals surface area contributed by atoms with Crippen LogP contribution in [0.25, 0.3) is 88.4 Å². The van der Waals surface area contributed by atoms with Crippen LogP contribution in [0.1, 0.15) is 16.7 Å². The molecule has 10 rings (SSSR count). The van der Waals surface area contributed by atoms with Gasteiger partial charge in [-0.25, -0.2) is 0 Å². The number of rotatable bonds is 5. The van der Waals surface area contributed by atoms with Crippen LogP contribution in [0.2, 0.25) is 0 Å². The number of nitrogens with zero attached hydrogens (tertiary/aromatic N) is 6. The molecule has 3 aromatic heterocycles. The molecule has 6 heteroatoms. The van der Waals surface area contributed by atoms with Gasteiger partial charge in [0.05, 0.1) is 56.7 Å². The van der Waals surface area contributed by atoms with Crippen LogP contribution in [0.15, 0.2) is 170 Å². The van der Waals surface area contributed by atoms with E-state index in [2.05, 4.69) is 105 Å². The third-order valence-electron chi connectivity index (χ3n) is 10.8. The molecule has 6 nitrogen and oxygen atoms in total. The minimum Gasteiger partial charge on any atom is -0.308 e. The van der Waals surface area contributed by atoms with Crippen molar-refractivity contribution >= 4 is 43.6 Å². The van der Waals surface area contributed by atoms with Crippen LogP contribution >= 0.6 is 0 Å². The van der Waals surface area contributed by atoms with Crippen molar-refractivity contribution < 1.29 is 0 Å². The molecule has 0 N–H and O–H groups in total. The van der Waals surface area contributed by atoms with Crippen LogP contribution < -0.4 is 0 Å². The molecule has 56 heavy (non-hydrogen) atoms. The van der Waals surface area contributed by atoms with E-state index in [0.29, 0.717) is 16.7 Å². The zero-order valence-electron chi connectivity index (χ0n) is 29.8. The van der Waals surface area contributed by atoms with Gasteiger partial charge in [0.25, 0.3) is 0 Å². The Morgan fingerprint density at radius 3 is 1.30 bits per heavy atom. The molecule has 0 saturated heterocycles. The van der Waals surface area contributed by atoms with E-state index in [1.165, 1.54) is 0 Å². The van der Waals surface area contributed by atoms with Gasteiger partial charge in [0.1, 0.15) is 11.6 Å². The number of hydrogen-bond donors (Lipinski definition) is 0. The normalized spacial score (nSPS) is 11.2. The first-order valence-corrected chi connectivity index (χ1v) is 18.2. The maximum absolute atomic E-state index is 11.4. The number of nitriles is 3. The molecule has 0 aliphatic heterocycles. The summed E-state index contributed by atoms with van der Waals surface area (Å²) in [6, 6.07) is 60.0. The molecule has 0 aliphatic rings. The van der Waals surface area contributed by atoms with E-state index >= 15 is 0 Å². The van der Waals surface area contributed by atoms with Gasteiger partial charge < -0.3 is 9.13 Å². The Labute approximate surface area is 322 Å². The molecule has 0 spiro atoms. The van der Waals surface area contributed by atoms with Gasteiger partial charge in [0.15, 0.2) is 0 Å². The molecule has 0 unspecified atom stereocenters. The summed E-state index contributed by atoms with van der Waals surface area (Å²) in [5, 5.41) is 35.6. The molecular formula is C50H28N6. The molecule has 258 valence electrons. The van der Waals surface area contributed by atoms with Crippen LogP contribution in [0, 0.1) is 34.0 Å². The van der Waals surface area contributed by atoms with Gasteiger partial charge >= 0.3 is 0 Å². The molecule has 0 amide bonds. The lowest BCUT2D eigenvalue weighted by atomic mass is 9.98. The number of fused-ring (bicyclic) bond motifs is 6. The molecule has 0 fully saturated rings. The van der Waals surface area contributed by atoms with Crippen LogP contribution in [-0.4, -0.2) is 14.1 Å². The van der Waals surface area contributed by atoms with Crippen LogP contribution in [0.4, 0.5) is 0 Å². The Balaban J connectivity index is 1.34. The lowest BCUT2D eigenvalue weighted by Gasteiger charge is -2.19. The fourth-order valence-electron chi connectivity index (χ4n) is 8.25. The lowest BCUT2D eigenvalue weighted by Crippen LogP contribution is -2.05. The van der Waals surface area contributed by atoms with Crippen molar-refractivity contribution in [2.45, 2.75) is 0 Å². The van der Waals surface area contributed by atoms with Crippen molar-refractivity contribution in [3.63, 3.8) is 0 Å². The molecule has 3 heterocycles. The van der Waals surface area contributed by atoms with Crippen molar-refractivity contribution in [2.75, 3.05) is 0 Å². The maximum atomic E-state index is 11.4. The first kappa shape index (κ1) is 32.4. The Hall–Kier alpha value is -8.24. The van der Waals surface area contributed by atoms with Crippen molar-refractivity contribution in [1.82, 2.24) is 14.1 Å². The topological polar surface area (TPSA) is 94.1 Å². The molecule has 0 saturated carbocycles. The second-order valence-electron chi connectivity index (χ2n) is 13.7. The number of para-hydroxylation sites is 2. The van der Waals surface area contributed by atoms with E-state index in [9.17, 15) is 15.8 Å². The molecular weight excluding hydrogens is 685 g/mol. The highest BCUT2D eigenvalue weighted by molar-refractivity contribution is 6.12. The summed E-state index contributed by atoms with van der Waals surface area (Å²) in [6.07, 6.45) is 3.57. The summed E-state index contributed by atoms with van der Waals surface area (Å²) in [5.41, 5.74) is 12.3. The van der Waals surface area contributed by atoms with Crippen LogP contribution in [0.3, 0.4) is 0 Å². The standard InChI is InChI=1S/C50H28N6/c51-29-35-9-1-3-11-38(35)33-17-19-42-40-13-5-7-15-45(40)55(47(42)25-33)49-27-37(32-21-23-54-24-22-32)28-50(44(49)31-53)56-46-16-8-6-14-41(46)43-20-18-34(26-48(43)56)39-12-4-2-10-36(39)30-52/h1-28H. The van der Waals surface area contributed by atoms with Gasteiger partial charge in [-0.3, -0.25) is 4.98 Å². The minimum atomic E-state index is 0.499. The first-order chi connectivity index (χ1) is 27.7. The predicted octanol–water partition coefficient (Wildman–Crippen LogP) is 11.9. The van der Waals surface area contributed by atoms with Gasteiger partial charge in [0.2, 0.25) is 0 Å². The number of hydrogen-bond acceptors (Lipinski definition) is 4. The van der Waals surface area contributed by atoms with Gasteiger partial charge in [-0.1, -0.05) is 97.1 Å². The molecule has 0 radical (unpaired) electrons. The van der Waals surface area contributed by atoms with E-state index in [1.807, 2.05) is 84.9 Å². The third-order valence-corrected chi connectivity index (χ3v) is 10.8. The average molecular weight is 713 g/mol. The van der Waals surface area contributed by atoms with Crippen molar-refractivity contribution in [2.24, 2.45) is 0 Å². The van der Waals surface area contributed by atoms with Gasteiger partial charge in [0, 0.05) is 33.9 Å². The summed E-state index contributed by atoms with van der Waals surface area (Å²) in [6.45, 7) is 0. The number of aromatic nitrogens is 3. The number of benzene rings is 7. The van der Waals surface area contributed by atoms with E-state index in [-0.39, 0.29) is 0 Å². The summed E-state index contributed by atoms with van der Waals surface area (Å²) in [5.74, 6) is 0. The summed E-state index contributed by atoms with van der Waals surface area (Å²) in [7, 11) is 0. The van der Waals surface area contributed by atoms with E-state index < -0.39 is 0 Å². The van der Waals surface area contributed by atoms with Crippen molar-refractivity contribution in [1.29, 1.82) is 15.8 Å². The zero-order valence-corrected chi connectivity index (χ0v) is 29.8. The predicted molar refractivity (Wildman–Crippen MR) is 223 cm³/mol. The molecule has 0 atom stereocenters. The summed E-state index contributed by atoms with van der Waals surface area (Å²) < 4.78 is 4.39. The lowest BCUT2D eigenvalue weighted by molar-refractivity contribution is 1.12. The van der Waals surface area contributed by atoms with E-state index in [0.717, 1.165) is 88.4 Å². The smallest absolute Gasteiger partial charge is 0.104 e. The maximum Gasteiger partial charge on any atom is 0.104 e. The highest BCUT2D eigenvalue weighted by atomic mass is 15.0. The monoisotopic (exact) mass is 712 g/mol. The molecule has 0 aliphatic carbocycles. The van der Waals surface area contributed by atoms with Crippen LogP contribution in [-0.2, 0) is 0 Å². The second-order valence-corrected chi connectivity index (χ2v) is 13.7. The van der Waals surface area contributed by atoms with E-state index in [4.69, 9.17) is 0 Å². The molecule has 7 aromatic carbocycles. The Morgan fingerprint density at radius 1 is 0.375 bits per heavy atom. The Bertz CT molecular complexity index is 3150. The van der Waals surface area contributed by atoms with Gasteiger partial charge in [-0.05, 0) is 94.0 Å². The van der Waals surface area contributed by atoms with E-state index in [1.54, 1.807) is 12.4 Å². The summed E-state index contributed by atoms with van der Waals surface area (Å²) >= 11 is 0. The Morgan fingerprint density at radius 2 is 0.821 bits per heavy atom. The number of pyridine rings is 1. The van der Waals surface area contributed by atoms with Crippen molar-refractivity contribution in [3.05, 3.63) is 187 Å². The zero-order chi connectivity index (χ0) is 37.8. The molecule has 0 bridgehead atoms. The highest BCUT2D eigenvalue weighted by Crippen LogP contribution is 2.42. The highest BCUT2D eigenvalue weighted by Gasteiger charge is 2.23. The van der Waals surface area contributed by atoms with Crippen molar-refractivity contribution in [3.8, 4) is 63.0 Å². The average Bonchev–Trinajstić information content (AvgIpc) is 3.78. The SMILES string of the molecule is N#Cc1ccccc1-c1ccc2c3ccccc3n(-c3cc(-c4ccncc4)cc(-n4c5ccccc5c5ccc(-c6ccccc6C#N)cc54)c3C#N)c2c1. The fraction of sp³-hybridized carbons (Fsp3) is 0. The Kier molecular flexibility index (Phi) is 7.53. The second kappa shape index (κ2) is 13.0. The minimum absolute atomic E-state index is 0.499. The first-order valence-electron chi connectivity index (χ1n) is 18.2. The fourth-order valence-corrected chi connectivity index (χ4v) is 8.25. The summed E-state index contributed by atoms with van der Waals surface area (Å²) in [4.78, 5) is 4.31. The quantitative estimate of drug-likeness (QED) is 0.177.